The Hall–Kier alpha value is -4.13. The van der Waals surface area contributed by atoms with Crippen LogP contribution in [-0.2, 0) is 13.5 Å². The van der Waals surface area contributed by atoms with Crippen molar-refractivity contribution in [1.82, 2.24) is 14.9 Å². The van der Waals surface area contributed by atoms with Gasteiger partial charge in [-0.3, -0.25) is 4.79 Å². The Bertz CT molecular complexity index is 1200. The summed E-state index contributed by atoms with van der Waals surface area (Å²) < 4.78 is 2.00. The van der Waals surface area contributed by atoms with Crippen molar-refractivity contribution in [3.8, 4) is 0 Å². The first-order valence-corrected chi connectivity index (χ1v) is 10.0. The van der Waals surface area contributed by atoms with E-state index in [2.05, 4.69) is 20.9 Å². The summed E-state index contributed by atoms with van der Waals surface area (Å²) in [5, 5.41) is 8.54. The number of aromatic nitrogens is 2. The molecule has 1 aromatic heterocycles. The number of fused-ring (bicyclic) bond motifs is 1. The van der Waals surface area contributed by atoms with E-state index in [-0.39, 0.29) is 11.9 Å². The zero-order valence-corrected chi connectivity index (χ0v) is 17.1. The molecule has 0 spiro atoms. The first kappa shape index (κ1) is 20.2. The van der Waals surface area contributed by atoms with Gasteiger partial charge in [0.15, 0.2) is 0 Å². The van der Waals surface area contributed by atoms with E-state index < -0.39 is 0 Å². The number of urea groups is 1. The average Bonchev–Trinajstić information content (AvgIpc) is 3.09. The lowest BCUT2D eigenvalue weighted by Crippen LogP contribution is -2.26. The number of nitrogens with zero attached hydrogens (tertiary/aromatic N) is 2. The number of imidazole rings is 1. The summed E-state index contributed by atoms with van der Waals surface area (Å²) in [7, 11) is 1.94. The van der Waals surface area contributed by atoms with E-state index in [9.17, 15) is 9.59 Å². The lowest BCUT2D eigenvalue weighted by molar-refractivity contribution is 0.0954. The fourth-order valence-electron chi connectivity index (χ4n) is 3.35. The van der Waals surface area contributed by atoms with E-state index in [1.807, 2.05) is 78.3 Å². The minimum Gasteiger partial charge on any atom is -0.352 e. The minimum absolute atomic E-state index is 0.102. The van der Waals surface area contributed by atoms with Crippen LogP contribution in [0.25, 0.3) is 11.0 Å². The molecular weight excluding hydrogens is 390 g/mol. The third-order valence-corrected chi connectivity index (χ3v) is 4.93. The maximum absolute atomic E-state index is 12.2. The van der Waals surface area contributed by atoms with Crippen LogP contribution in [-0.4, -0.2) is 28.0 Å². The minimum atomic E-state index is -0.315. The Labute approximate surface area is 180 Å². The van der Waals surface area contributed by atoms with Crippen molar-refractivity contribution in [3.05, 3.63) is 90.3 Å². The molecule has 31 heavy (non-hydrogen) atoms. The molecular formula is C24H23N5O2. The topological polar surface area (TPSA) is 88.1 Å². The van der Waals surface area contributed by atoms with Crippen LogP contribution in [0.3, 0.4) is 0 Å². The molecule has 0 saturated carbocycles. The highest BCUT2D eigenvalue weighted by Crippen LogP contribution is 2.20. The second-order valence-corrected chi connectivity index (χ2v) is 7.11. The number of anilines is 2. The quantitative estimate of drug-likeness (QED) is 0.443. The molecule has 0 atom stereocenters. The number of nitrogens with one attached hydrogen (secondary N) is 3. The maximum atomic E-state index is 12.2. The third kappa shape index (κ3) is 4.90. The number of hydrogen-bond acceptors (Lipinski definition) is 3. The normalized spacial score (nSPS) is 10.6. The number of para-hydroxylation sites is 1. The molecule has 0 radical (unpaired) electrons. The van der Waals surface area contributed by atoms with Crippen LogP contribution >= 0.6 is 0 Å². The Kier molecular flexibility index (Phi) is 5.93. The van der Waals surface area contributed by atoms with Gasteiger partial charge in [-0.2, -0.15) is 0 Å². The number of rotatable bonds is 6. The van der Waals surface area contributed by atoms with Crippen molar-refractivity contribution in [3.63, 3.8) is 0 Å². The SMILES string of the molecule is Cn1c(CCNC(=O)c2ccccc2)nc2cc(NC(=O)Nc3ccccc3)ccc21. The summed E-state index contributed by atoms with van der Waals surface area (Å²) in [6.45, 7) is 0.482. The molecule has 7 nitrogen and oxygen atoms in total. The highest BCUT2D eigenvalue weighted by Gasteiger charge is 2.11. The van der Waals surface area contributed by atoms with E-state index in [0.717, 1.165) is 22.5 Å². The highest BCUT2D eigenvalue weighted by molar-refractivity contribution is 6.00. The molecule has 0 aliphatic rings. The summed E-state index contributed by atoms with van der Waals surface area (Å²) in [4.78, 5) is 29.1. The number of carbonyl (C=O) groups is 2. The van der Waals surface area contributed by atoms with Gasteiger partial charge < -0.3 is 20.5 Å². The smallest absolute Gasteiger partial charge is 0.323 e. The highest BCUT2D eigenvalue weighted by atomic mass is 16.2. The number of aryl methyl sites for hydroxylation is 1. The van der Waals surface area contributed by atoms with E-state index in [1.165, 1.54) is 0 Å². The monoisotopic (exact) mass is 413 g/mol. The van der Waals surface area contributed by atoms with Gasteiger partial charge in [0, 0.05) is 37.0 Å². The first-order chi connectivity index (χ1) is 15.1. The Morgan fingerprint density at radius 3 is 2.29 bits per heavy atom. The van der Waals surface area contributed by atoms with Gasteiger partial charge in [0.2, 0.25) is 0 Å². The fraction of sp³-hybridized carbons (Fsp3) is 0.125. The van der Waals surface area contributed by atoms with Gasteiger partial charge in [0.05, 0.1) is 11.0 Å². The number of amides is 3. The molecule has 0 aliphatic carbocycles. The van der Waals surface area contributed by atoms with Gasteiger partial charge in [0.25, 0.3) is 5.91 Å². The molecule has 156 valence electrons. The molecule has 3 N–H and O–H groups in total. The first-order valence-electron chi connectivity index (χ1n) is 10.0. The van der Waals surface area contributed by atoms with Crippen LogP contribution in [0, 0.1) is 0 Å². The lowest BCUT2D eigenvalue weighted by Gasteiger charge is -2.07. The van der Waals surface area contributed by atoms with Crippen molar-refractivity contribution >= 4 is 34.3 Å². The second kappa shape index (κ2) is 9.13. The van der Waals surface area contributed by atoms with Crippen LogP contribution < -0.4 is 16.0 Å². The number of carbonyl (C=O) groups excluding carboxylic acids is 2. The Morgan fingerprint density at radius 1 is 0.871 bits per heavy atom. The van der Waals surface area contributed by atoms with Crippen molar-refractivity contribution < 1.29 is 9.59 Å². The summed E-state index contributed by atoms with van der Waals surface area (Å²) >= 11 is 0. The molecule has 4 aromatic rings. The number of benzene rings is 3. The van der Waals surface area contributed by atoms with Crippen LogP contribution in [0.15, 0.2) is 78.9 Å². The third-order valence-electron chi connectivity index (χ3n) is 4.93. The van der Waals surface area contributed by atoms with Gasteiger partial charge in [-0.05, 0) is 42.5 Å². The molecule has 3 aromatic carbocycles. The van der Waals surface area contributed by atoms with E-state index in [0.29, 0.717) is 24.2 Å². The Balaban J connectivity index is 1.39. The van der Waals surface area contributed by atoms with Crippen LogP contribution in [0.1, 0.15) is 16.2 Å². The van der Waals surface area contributed by atoms with Crippen molar-refractivity contribution in [2.24, 2.45) is 7.05 Å². The molecule has 0 aliphatic heterocycles. The molecule has 3 amide bonds. The summed E-state index contributed by atoms with van der Waals surface area (Å²) in [5.74, 6) is 0.754. The van der Waals surface area contributed by atoms with Gasteiger partial charge in [-0.25, -0.2) is 9.78 Å². The molecule has 1 heterocycles. The predicted molar refractivity (Wildman–Crippen MR) is 122 cm³/mol. The molecule has 7 heteroatoms. The van der Waals surface area contributed by atoms with Gasteiger partial charge in [-0.1, -0.05) is 36.4 Å². The van der Waals surface area contributed by atoms with Crippen LogP contribution in [0.5, 0.6) is 0 Å². The molecule has 0 unspecified atom stereocenters. The van der Waals surface area contributed by atoms with Crippen molar-refractivity contribution in [1.29, 1.82) is 0 Å². The summed E-state index contributed by atoms with van der Waals surface area (Å²) in [6, 6.07) is 23.7. The number of hydrogen-bond donors (Lipinski definition) is 3. The van der Waals surface area contributed by atoms with Crippen LogP contribution in [0.2, 0.25) is 0 Å². The molecule has 0 fully saturated rings. The van der Waals surface area contributed by atoms with Crippen LogP contribution in [0.4, 0.5) is 16.2 Å². The Morgan fingerprint density at radius 2 is 1.55 bits per heavy atom. The van der Waals surface area contributed by atoms with Gasteiger partial charge in [0.1, 0.15) is 5.82 Å². The van der Waals surface area contributed by atoms with Crippen molar-refractivity contribution in [2.45, 2.75) is 6.42 Å². The summed E-state index contributed by atoms with van der Waals surface area (Å²) in [5.41, 5.74) is 3.75. The van der Waals surface area contributed by atoms with Crippen molar-refractivity contribution in [2.75, 3.05) is 17.2 Å². The maximum Gasteiger partial charge on any atom is 0.323 e. The predicted octanol–water partition coefficient (Wildman–Crippen LogP) is 4.19. The van der Waals surface area contributed by atoms with E-state index >= 15 is 0 Å². The van der Waals surface area contributed by atoms with E-state index in [1.54, 1.807) is 12.1 Å². The zero-order chi connectivity index (χ0) is 21.6. The zero-order valence-electron chi connectivity index (χ0n) is 17.1. The summed E-state index contributed by atoms with van der Waals surface area (Å²) in [6.07, 6.45) is 0.598. The molecule has 0 saturated heterocycles. The van der Waals surface area contributed by atoms with Gasteiger partial charge >= 0.3 is 6.03 Å². The average molecular weight is 413 g/mol. The largest absolute Gasteiger partial charge is 0.352 e. The second-order valence-electron chi connectivity index (χ2n) is 7.11. The lowest BCUT2D eigenvalue weighted by atomic mass is 10.2. The molecule has 4 rings (SSSR count). The molecule has 0 bridgehead atoms. The standard InChI is InChI=1S/C24H23N5O2/c1-29-21-13-12-19(27-24(31)26-18-10-6-3-7-11-18)16-20(21)28-22(29)14-15-25-23(30)17-8-4-2-5-9-17/h2-13,16H,14-15H2,1H3,(H,25,30)(H2,26,27,31). The van der Waals surface area contributed by atoms with Gasteiger partial charge in [-0.15, -0.1) is 0 Å². The van der Waals surface area contributed by atoms with E-state index in [4.69, 9.17) is 0 Å². The fourth-order valence-corrected chi connectivity index (χ4v) is 3.35.